The van der Waals surface area contributed by atoms with Crippen LogP contribution in [0, 0.1) is 6.92 Å². The first-order valence-electron chi connectivity index (χ1n) is 7.96. The molecule has 8 heteroatoms. The average Bonchev–Trinajstić information content (AvgIpc) is 3.09. The summed E-state index contributed by atoms with van der Waals surface area (Å²) in [5, 5.41) is 2.04. The van der Waals surface area contributed by atoms with Crippen LogP contribution in [0.1, 0.15) is 4.88 Å². The van der Waals surface area contributed by atoms with Crippen LogP contribution in [0.25, 0.3) is 22.3 Å². The van der Waals surface area contributed by atoms with Crippen molar-refractivity contribution in [3.8, 4) is 11.1 Å². The van der Waals surface area contributed by atoms with Crippen molar-refractivity contribution in [2.45, 2.75) is 19.6 Å². The van der Waals surface area contributed by atoms with Crippen LogP contribution >= 0.6 is 11.3 Å². The second-order valence-electron chi connectivity index (χ2n) is 6.34. The van der Waals surface area contributed by atoms with E-state index in [1.807, 2.05) is 18.4 Å². The number of rotatable bonds is 3. The SMILES string of the molecule is Cc1cc(-c2cnc3c(c2)n(CC(=O)N2CC(F)C2)c(=O)n3C)cs1. The van der Waals surface area contributed by atoms with Gasteiger partial charge in [-0.25, -0.2) is 14.2 Å². The van der Waals surface area contributed by atoms with E-state index in [1.54, 1.807) is 24.6 Å². The molecule has 6 nitrogen and oxygen atoms in total. The van der Waals surface area contributed by atoms with E-state index in [0.717, 1.165) is 11.1 Å². The van der Waals surface area contributed by atoms with Gasteiger partial charge in [0, 0.05) is 23.7 Å². The number of hydrogen-bond acceptors (Lipinski definition) is 4. The summed E-state index contributed by atoms with van der Waals surface area (Å²) in [6, 6.07) is 3.94. The highest BCUT2D eigenvalue weighted by atomic mass is 32.1. The number of pyridine rings is 1. The van der Waals surface area contributed by atoms with E-state index in [4.69, 9.17) is 0 Å². The minimum absolute atomic E-state index is 0.101. The molecule has 0 spiro atoms. The van der Waals surface area contributed by atoms with Gasteiger partial charge in [-0.3, -0.25) is 13.9 Å². The molecule has 1 aliphatic heterocycles. The smallest absolute Gasteiger partial charge is 0.330 e. The molecule has 1 aliphatic rings. The highest BCUT2D eigenvalue weighted by molar-refractivity contribution is 7.10. The van der Waals surface area contributed by atoms with Gasteiger partial charge in [-0.1, -0.05) is 0 Å². The molecule has 1 fully saturated rings. The Morgan fingerprint density at radius 2 is 2.12 bits per heavy atom. The third-order valence-corrected chi connectivity index (χ3v) is 5.38. The fourth-order valence-electron chi connectivity index (χ4n) is 3.05. The number of aromatic nitrogens is 3. The highest BCUT2D eigenvalue weighted by Gasteiger charge is 2.31. The van der Waals surface area contributed by atoms with Gasteiger partial charge in [-0.2, -0.15) is 0 Å². The van der Waals surface area contributed by atoms with Crippen molar-refractivity contribution < 1.29 is 9.18 Å². The van der Waals surface area contributed by atoms with E-state index >= 15 is 0 Å². The molecule has 0 bridgehead atoms. The van der Waals surface area contributed by atoms with E-state index in [9.17, 15) is 14.0 Å². The lowest BCUT2D eigenvalue weighted by molar-refractivity contribution is -0.138. The lowest BCUT2D eigenvalue weighted by atomic mass is 10.1. The number of carbonyl (C=O) groups excluding carboxylic acids is 1. The normalized spacial score (nSPS) is 14.9. The predicted octanol–water partition coefficient (Wildman–Crippen LogP) is 1.95. The summed E-state index contributed by atoms with van der Waals surface area (Å²) in [5.41, 5.74) is 2.78. The number of aryl methyl sites for hydroxylation is 2. The lowest BCUT2D eigenvalue weighted by Gasteiger charge is -2.34. The van der Waals surface area contributed by atoms with Gasteiger partial charge in [0.05, 0.1) is 18.6 Å². The zero-order valence-corrected chi connectivity index (χ0v) is 14.7. The molecule has 25 heavy (non-hydrogen) atoms. The van der Waals surface area contributed by atoms with Crippen LogP contribution in [0.4, 0.5) is 4.39 Å². The van der Waals surface area contributed by atoms with Crippen LogP contribution in [0.3, 0.4) is 0 Å². The number of carbonyl (C=O) groups is 1. The van der Waals surface area contributed by atoms with Crippen molar-refractivity contribution in [1.29, 1.82) is 0 Å². The van der Waals surface area contributed by atoms with Crippen molar-refractivity contribution in [1.82, 2.24) is 19.0 Å². The van der Waals surface area contributed by atoms with E-state index in [2.05, 4.69) is 11.1 Å². The molecule has 0 radical (unpaired) electrons. The molecule has 130 valence electrons. The van der Waals surface area contributed by atoms with Gasteiger partial charge in [-0.05, 0) is 30.0 Å². The molecular formula is C17H17FN4O2S. The largest absolute Gasteiger partial charge is 0.335 e. The van der Waals surface area contributed by atoms with Gasteiger partial charge in [-0.15, -0.1) is 11.3 Å². The van der Waals surface area contributed by atoms with Gasteiger partial charge < -0.3 is 4.90 Å². The highest BCUT2D eigenvalue weighted by Crippen LogP contribution is 2.26. The number of alkyl halides is 1. The van der Waals surface area contributed by atoms with E-state index in [-0.39, 0.29) is 31.2 Å². The number of imidazole rings is 1. The molecule has 3 aromatic heterocycles. The Morgan fingerprint density at radius 3 is 2.76 bits per heavy atom. The zero-order valence-electron chi connectivity index (χ0n) is 13.9. The fourth-order valence-corrected chi connectivity index (χ4v) is 3.76. The Bertz CT molecular complexity index is 1030. The maximum absolute atomic E-state index is 13.0. The Kier molecular flexibility index (Phi) is 3.72. The van der Waals surface area contributed by atoms with Crippen molar-refractivity contribution in [3.05, 3.63) is 39.1 Å². The third kappa shape index (κ3) is 2.66. The van der Waals surface area contributed by atoms with Gasteiger partial charge in [0.1, 0.15) is 12.7 Å². The summed E-state index contributed by atoms with van der Waals surface area (Å²) in [6.07, 6.45) is 0.779. The first-order chi connectivity index (χ1) is 11.9. The summed E-state index contributed by atoms with van der Waals surface area (Å²) in [6.45, 7) is 2.14. The minimum Gasteiger partial charge on any atom is -0.335 e. The van der Waals surface area contributed by atoms with Crippen molar-refractivity contribution >= 4 is 28.4 Å². The number of thiophene rings is 1. The van der Waals surface area contributed by atoms with Crippen LogP contribution in [-0.4, -0.2) is 44.2 Å². The minimum atomic E-state index is -0.955. The van der Waals surface area contributed by atoms with Crippen LogP contribution < -0.4 is 5.69 Å². The van der Waals surface area contributed by atoms with E-state index < -0.39 is 6.17 Å². The summed E-state index contributed by atoms with van der Waals surface area (Å²) in [5.74, 6) is -0.250. The average molecular weight is 360 g/mol. The van der Waals surface area contributed by atoms with Gasteiger partial charge in [0.25, 0.3) is 0 Å². The maximum Gasteiger partial charge on any atom is 0.330 e. The topological polar surface area (TPSA) is 60.1 Å². The molecule has 0 aromatic carbocycles. The number of likely N-dealkylation sites (tertiary alicyclic amines) is 1. The van der Waals surface area contributed by atoms with E-state index in [1.165, 1.54) is 18.9 Å². The molecule has 1 amide bonds. The Labute approximate surface area is 147 Å². The Balaban J connectivity index is 1.75. The number of amides is 1. The number of nitrogens with zero attached hydrogens (tertiary/aromatic N) is 4. The van der Waals surface area contributed by atoms with Crippen molar-refractivity contribution in [2.24, 2.45) is 7.05 Å². The molecule has 0 aliphatic carbocycles. The van der Waals surface area contributed by atoms with Crippen LogP contribution in [0.15, 0.2) is 28.5 Å². The summed E-state index contributed by atoms with van der Waals surface area (Å²) < 4.78 is 15.8. The first-order valence-corrected chi connectivity index (χ1v) is 8.84. The molecule has 4 heterocycles. The molecule has 0 N–H and O–H groups in total. The van der Waals surface area contributed by atoms with Crippen molar-refractivity contribution in [2.75, 3.05) is 13.1 Å². The molecular weight excluding hydrogens is 343 g/mol. The monoisotopic (exact) mass is 360 g/mol. The Hall–Kier alpha value is -2.48. The molecule has 4 rings (SSSR count). The number of hydrogen-bond donors (Lipinski definition) is 0. The molecule has 0 saturated carbocycles. The molecule has 0 atom stereocenters. The quantitative estimate of drug-likeness (QED) is 0.717. The zero-order chi connectivity index (χ0) is 17.7. The fraction of sp³-hybridized carbons (Fsp3) is 0.353. The maximum atomic E-state index is 13.0. The second-order valence-corrected chi connectivity index (χ2v) is 7.45. The molecule has 1 saturated heterocycles. The number of fused-ring (bicyclic) bond motifs is 1. The first kappa shape index (κ1) is 16.0. The van der Waals surface area contributed by atoms with E-state index in [0.29, 0.717) is 11.2 Å². The number of halogens is 1. The molecule has 0 unspecified atom stereocenters. The van der Waals surface area contributed by atoms with Gasteiger partial charge >= 0.3 is 5.69 Å². The molecule has 3 aromatic rings. The standard InChI is InChI=1S/C17H17FN4O2S/c1-10-3-12(9-25-10)11-4-14-16(19-5-11)20(2)17(24)22(14)8-15(23)21-6-13(18)7-21/h3-5,9,13H,6-8H2,1-2H3. The van der Waals surface area contributed by atoms with Gasteiger partial charge in [0.2, 0.25) is 5.91 Å². The summed E-state index contributed by atoms with van der Waals surface area (Å²) in [4.78, 5) is 31.8. The summed E-state index contributed by atoms with van der Waals surface area (Å²) in [7, 11) is 1.63. The van der Waals surface area contributed by atoms with Crippen LogP contribution in [0.5, 0.6) is 0 Å². The predicted molar refractivity (Wildman–Crippen MR) is 94.5 cm³/mol. The third-order valence-electron chi connectivity index (χ3n) is 4.52. The van der Waals surface area contributed by atoms with Gasteiger partial charge in [0.15, 0.2) is 5.65 Å². The van der Waals surface area contributed by atoms with Crippen molar-refractivity contribution in [3.63, 3.8) is 0 Å². The Morgan fingerprint density at radius 1 is 1.36 bits per heavy atom. The van der Waals surface area contributed by atoms with Crippen LogP contribution in [0.2, 0.25) is 0 Å². The summed E-state index contributed by atoms with van der Waals surface area (Å²) >= 11 is 1.64. The lowest BCUT2D eigenvalue weighted by Crippen LogP contribution is -2.52. The van der Waals surface area contributed by atoms with Crippen LogP contribution in [-0.2, 0) is 18.4 Å². The second kappa shape index (κ2) is 5.80.